The summed E-state index contributed by atoms with van der Waals surface area (Å²) in [7, 11) is -4.27. The lowest BCUT2D eigenvalue weighted by Gasteiger charge is -2.35. The lowest BCUT2D eigenvalue weighted by molar-refractivity contribution is -0.923. The van der Waals surface area contributed by atoms with Crippen molar-refractivity contribution in [1.29, 1.82) is 0 Å². The van der Waals surface area contributed by atoms with Gasteiger partial charge in [0, 0.05) is 10.8 Å². The fraction of sp³-hybridized carbons (Fsp3) is 0.697. The molecule has 2 N–H and O–H groups in total. The third-order valence-corrected chi connectivity index (χ3v) is 9.28. The monoisotopic (exact) mass is 610 g/mol. The Morgan fingerprint density at radius 3 is 1.76 bits per heavy atom. The summed E-state index contributed by atoms with van der Waals surface area (Å²) >= 11 is 0. The molecule has 2 atom stereocenters. The van der Waals surface area contributed by atoms with Crippen molar-refractivity contribution in [3.63, 3.8) is 0 Å². The molecule has 240 valence electrons. The molecule has 0 fully saturated rings. The summed E-state index contributed by atoms with van der Waals surface area (Å²) in [5.74, 6) is 1.42. The predicted molar refractivity (Wildman–Crippen MR) is 171 cm³/mol. The molecular formula is C33H57NO7P+. The molecule has 0 aromatic heterocycles. The molecule has 9 heteroatoms. The van der Waals surface area contributed by atoms with E-state index in [1.165, 1.54) is 57.8 Å². The minimum absolute atomic E-state index is 0.0930. The number of unbranched alkanes of at least 4 members (excludes halogenated alkanes) is 9. The van der Waals surface area contributed by atoms with Gasteiger partial charge in [-0.05, 0) is 39.3 Å². The van der Waals surface area contributed by atoms with E-state index in [1.54, 1.807) is 0 Å². The summed E-state index contributed by atoms with van der Waals surface area (Å²) in [6, 6.07) is 11.6. The van der Waals surface area contributed by atoms with Crippen LogP contribution in [-0.4, -0.2) is 73.2 Å². The molecule has 0 aliphatic heterocycles. The zero-order chi connectivity index (χ0) is 30.7. The number of hydrogen-bond donors (Lipinski definition) is 2. The van der Waals surface area contributed by atoms with E-state index in [0.29, 0.717) is 18.9 Å². The normalized spacial score (nSPS) is 14.1. The fourth-order valence-electron chi connectivity index (χ4n) is 5.21. The summed E-state index contributed by atoms with van der Waals surface area (Å²) in [6.45, 7) is 12.2. The van der Waals surface area contributed by atoms with Crippen LogP contribution in [0.1, 0.15) is 91.9 Å². The smallest absolute Gasteiger partial charge is 0.472 e. The summed E-state index contributed by atoms with van der Waals surface area (Å²) in [6.07, 6.45) is 11.8. The Kier molecular flexibility index (Phi) is 17.7. The number of benzene rings is 2. The first kappa shape index (κ1) is 36.5. The van der Waals surface area contributed by atoms with Crippen LogP contribution in [0.3, 0.4) is 0 Å². The van der Waals surface area contributed by atoms with Crippen LogP contribution in [0.4, 0.5) is 0 Å². The molecule has 0 saturated carbocycles. The molecule has 2 unspecified atom stereocenters. The second kappa shape index (κ2) is 20.3. The van der Waals surface area contributed by atoms with Crippen LogP contribution in [0.25, 0.3) is 10.8 Å². The van der Waals surface area contributed by atoms with E-state index in [9.17, 15) is 14.6 Å². The van der Waals surface area contributed by atoms with Crippen molar-refractivity contribution >= 4 is 18.6 Å². The number of fused-ring (bicyclic) bond motifs is 1. The van der Waals surface area contributed by atoms with Crippen LogP contribution in [0.5, 0.6) is 11.5 Å². The van der Waals surface area contributed by atoms with Crippen LogP contribution >= 0.6 is 7.82 Å². The highest BCUT2D eigenvalue weighted by Crippen LogP contribution is 2.43. The van der Waals surface area contributed by atoms with Crippen molar-refractivity contribution in [3.8, 4) is 11.5 Å². The van der Waals surface area contributed by atoms with Crippen molar-refractivity contribution < 1.29 is 37.6 Å². The molecule has 0 heterocycles. The van der Waals surface area contributed by atoms with Gasteiger partial charge in [0.1, 0.15) is 37.4 Å². The van der Waals surface area contributed by atoms with Crippen LogP contribution in [0.15, 0.2) is 36.4 Å². The maximum Gasteiger partial charge on any atom is 0.472 e. The second-order valence-electron chi connectivity index (χ2n) is 11.2. The lowest BCUT2D eigenvalue weighted by Crippen LogP contribution is -2.49. The second-order valence-corrected chi connectivity index (χ2v) is 12.7. The van der Waals surface area contributed by atoms with Crippen LogP contribution < -0.4 is 9.47 Å². The van der Waals surface area contributed by atoms with E-state index in [4.69, 9.17) is 18.5 Å². The Bertz CT molecular complexity index is 1040. The number of quaternary nitrogens is 1. The molecule has 8 nitrogen and oxygen atoms in total. The molecule has 2 aromatic rings. The number of aliphatic hydroxyl groups is 1. The molecule has 0 radical (unpaired) electrons. The molecule has 2 aromatic carbocycles. The molecule has 0 saturated heterocycles. The van der Waals surface area contributed by atoms with Gasteiger partial charge in [-0.1, -0.05) is 89.0 Å². The molecule has 0 aliphatic rings. The van der Waals surface area contributed by atoms with E-state index < -0.39 is 13.9 Å². The van der Waals surface area contributed by atoms with Gasteiger partial charge in [0.15, 0.2) is 0 Å². The lowest BCUT2D eigenvalue weighted by atomic mass is 10.1. The molecule has 0 amide bonds. The third kappa shape index (κ3) is 13.3. The largest absolute Gasteiger partial charge is 0.493 e. The quantitative estimate of drug-likeness (QED) is 0.0671. The first-order valence-electron chi connectivity index (χ1n) is 16.2. The Hall–Kier alpha value is -1.67. The minimum atomic E-state index is -4.27. The first-order valence-corrected chi connectivity index (χ1v) is 17.7. The number of ether oxygens (including phenoxy) is 2. The highest BCUT2D eigenvalue weighted by atomic mass is 31.2. The number of rotatable bonds is 25. The predicted octanol–water partition coefficient (Wildman–Crippen LogP) is 7.89. The van der Waals surface area contributed by atoms with E-state index in [-0.39, 0.29) is 19.8 Å². The van der Waals surface area contributed by atoms with Crippen LogP contribution in [0, 0.1) is 0 Å². The first-order chi connectivity index (χ1) is 20.3. The average Bonchev–Trinajstić information content (AvgIpc) is 3.00. The van der Waals surface area contributed by atoms with E-state index in [1.807, 2.05) is 36.4 Å². The van der Waals surface area contributed by atoms with Crippen molar-refractivity contribution in [2.24, 2.45) is 0 Å². The average molecular weight is 611 g/mol. The van der Waals surface area contributed by atoms with Gasteiger partial charge in [-0.15, -0.1) is 0 Å². The van der Waals surface area contributed by atoms with Crippen LogP contribution in [0.2, 0.25) is 0 Å². The van der Waals surface area contributed by atoms with Crippen molar-refractivity contribution in [2.45, 2.75) is 98.0 Å². The maximum atomic E-state index is 12.3. The van der Waals surface area contributed by atoms with Gasteiger partial charge < -0.3 is 24.0 Å². The number of nitrogens with zero attached hydrogens (tertiary/aromatic N) is 1. The van der Waals surface area contributed by atoms with Crippen molar-refractivity contribution in [3.05, 3.63) is 36.4 Å². The molecular weight excluding hydrogens is 553 g/mol. The summed E-state index contributed by atoms with van der Waals surface area (Å²) in [5.41, 5.74) is 0. The summed E-state index contributed by atoms with van der Waals surface area (Å²) < 4.78 is 35.3. The van der Waals surface area contributed by atoms with Gasteiger partial charge in [-0.25, -0.2) is 4.57 Å². The highest BCUT2D eigenvalue weighted by molar-refractivity contribution is 7.47. The summed E-state index contributed by atoms with van der Waals surface area (Å²) in [4.78, 5) is 10.1. The summed E-state index contributed by atoms with van der Waals surface area (Å²) in [5, 5.41) is 12.2. The number of phosphoric ester groups is 1. The van der Waals surface area contributed by atoms with Gasteiger partial charge in [-0.3, -0.25) is 9.05 Å². The standard InChI is InChI=1S/C33H56NO7P/c1-5-9-10-11-12-13-14-15-16-19-25-38-32-22-23-33(31-21-18-17-20-30(31)32)39-27-29(35)28-41-42(36,37)40-26-24-34(6-2,7-3)8-4/h17-18,20-23,29,35H,5-16,19,24-28H2,1-4H3/p+1. The van der Waals surface area contributed by atoms with Gasteiger partial charge in [-0.2, -0.15) is 0 Å². The SMILES string of the molecule is CCCCCCCCCCCCOc1ccc(OCC(O)COP(=O)(O)OCC[N+](CC)(CC)CC)c2ccccc12. The van der Waals surface area contributed by atoms with Gasteiger partial charge in [0.25, 0.3) is 0 Å². The van der Waals surface area contributed by atoms with Gasteiger partial charge in [0.05, 0.1) is 32.8 Å². The number of phosphoric acid groups is 1. The molecule has 0 aliphatic carbocycles. The van der Waals surface area contributed by atoms with E-state index in [0.717, 1.165) is 47.1 Å². The zero-order valence-electron chi connectivity index (χ0n) is 26.6. The van der Waals surface area contributed by atoms with Crippen LogP contribution in [-0.2, 0) is 13.6 Å². The zero-order valence-corrected chi connectivity index (χ0v) is 27.5. The number of aliphatic hydroxyl groups excluding tert-OH is 1. The Balaban J connectivity index is 1.75. The third-order valence-electron chi connectivity index (χ3n) is 8.29. The van der Waals surface area contributed by atoms with Crippen molar-refractivity contribution in [1.82, 2.24) is 0 Å². The maximum absolute atomic E-state index is 12.3. The van der Waals surface area contributed by atoms with Gasteiger partial charge >= 0.3 is 7.82 Å². The highest BCUT2D eigenvalue weighted by Gasteiger charge is 2.27. The van der Waals surface area contributed by atoms with Gasteiger partial charge in [0.2, 0.25) is 0 Å². The van der Waals surface area contributed by atoms with E-state index >= 15 is 0 Å². The number of likely N-dealkylation sites (N-methyl/N-ethyl adjacent to an activating group) is 1. The Morgan fingerprint density at radius 1 is 0.690 bits per heavy atom. The molecule has 0 spiro atoms. The number of hydrogen-bond acceptors (Lipinski definition) is 6. The molecule has 42 heavy (non-hydrogen) atoms. The molecule has 2 rings (SSSR count). The Morgan fingerprint density at radius 2 is 1.21 bits per heavy atom. The topological polar surface area (TPSA) is 94.5 Å². The fourth-order valence-corrected chi connectivity index (χ4v) is 5.96. The van der Waals surface area contributed by atoms with E-state index in [2.05, 4.69) is 27.7 Å². The molecule has 0 bridgehead atoms. The Labute approximate surface area is 254 Å². The van der Waals surface area contributed by atoms with Crippen molar-refractivity contribution in [2.75, 3.05) is 52.6 Å². The minimum Gasteiger partial charge on any atom is -0.493 e.